The Balaban J connectivity index is 1.27. The number of ketones is 1. The maximum absolute atomic E-state index is 14.6. The summed E-state index contributed by atoms with van der Waals surface area (Å²) in [6.07, 6.45) is 10.4. The lowest BCUT2D eigenvalue weighted by Crippen LogP contribution is -2.67. The van der Waals surface area contributed by atoms with E-state index in [1.165, 1.54) is 19.8 Å². The molecule has 4 saturated carbocycles. The van der Waals surface area contributed by atoms with E-state index in [9.17, 15) is 19.2 Å². The third kappa shape index (κ3) is 4.98. The summed E-state index contributed by atoms with van der Waals surface area (Å²) < 4.78 is 10.1. The molecule has 0 bridgehead atoms. The second-order valence-corrected chi connectivity index (χ2v) is 17.0. The molecule has 0 heterocycles. The van der Waals surface area contributed by atoms with Gasteiger partial charge < -0.3 is 20.1 Å². The normalized spacial score (nSPS) is 40.3. The van der Waals surface area contributed by atoms with Gasteiger partial charge in [-0.25, -0.2) is 9.59 Å². The van der Waals surface area contributed by atoms with Crippen LogP contribution in [0.25, 0.3) is 0 Å². The largest absolute Gasteiger partial charge is 0.469 e. The van der Waals surface area contributed by atoms with E-state index >= 15 is 0 Å². The number of urea groups is 1. The number of hydrogen-bond acceptors (Lipinski definition) is 6. The molecule has 4 fully saturated rings. The quantitative estimate of drug-likeness (QED) is 0.324. The lowest BCUT2D eigenvalue weighted by Gasteiger charge is -2.70. The third-order valence-corrected chi connectivity index (χ3v) is 14.7. The molecule has 0 radical (unpaired) electrons. The smallest absolute Gasteiger partial charge is 0.339 e. The van der Waals surface area contributed by atoms with Gasteiger partial charge in [0, 0.05) is 12.0 Å². The molecule has 8 heteroatoms. The number of carbonyl (C=O) groups is 4. The first-order valence-corrected chi connectivity index (χ1v) is 17.6. The Hall–Kier alpha value is -3.16. The highest BCUT2D eigenvalue weighted by molar-refractivity contribution is 6.01. The van der Waals surface area contributed by atoms with Crippen LogP contribution in [0.3, 0.4) is 0 Å². The molecule has 1 aromatic carbocycles. The number of rotatable bonds is 4. The van der Waals surface area contributed by atoms with Crippen molar-refractivity contribution in [3.63, 3.8) is 0 Å². The zero-order valence-electron chi connectivity index (χ0n) is 29.6. The molecule has 4 unspecified atom stereocenters. The molecule has 0 saturated heterocycles. The highest BCUT2D eigenvalue weighted by Crippen LogP contribution is 2.74. The van der Waals surface area contributed by atoms with Crippen LogP contribution in [0.5, 0.6) is 0 Å². The van der Waals surface area contributed by atoms with E-state index in [0.717, 1.165) is 57.8 Å². The fourth-order valence-electron chi connectivity index (χ4n) is 11.9. The number of esters is 2. The number of anilines is 1. The SMILES string of the molecule is COC(=O)c1ccccc1NC(=O)NC1CC[C@@]2(C)C(CC[C@]3(C)C2C(=O)C=C2C4C[C@@H](C(=O)OC)CC[C@]4(C)CC[C@]23C)C1(C)C. The summed E-state index contributed by atoms with van der Waals surface area (Å²) in [6, 6.07) is 6.41. The zero-order chi connectivity index (χ0) is 34.2. The molecule has 0 aliphatic heterocycles. The van der Waals surface area contributed by atoms with Crippen LogP contribution in [0.1, 0.15) is 110 Å². The number of para-hydroxylation sites is 1. The Bertz CT molecular complexity index is 1520. The number of allylic oxidation sites excluding steroid dienone is 2. The molecule has 1 aromatic rings. The van der Waals surface area contributed by atoms with Crippen molar-refractivity contribution in [2.24, 2.45) is 50.7 Å². The molecule has 9 atom stereocenters. The third-order valence-electron chi connectivity index (χ3n) is 14.7. The molecule has 0 spiro atoms. The van der Waals surface area contributed by atoms with Gasteiger partial charge in [0.15, 0.2) is 5.78 Å². The summed E-state index contributed by atoms with van der Waals surface area (Å²) in [7, 11) is 2.81. The van der Waals surface area contributed by atoms with E-state index in [-0.39, 0.29) is 74.6 Å². The molecule has 5 aliphatic carbocycles. The van der Waals surface area contributed by atoms with Crippen molar-refractivity contribution in [1.82, 2.24) is 5.32 Å². The van der Waals surface area contributed by atoms with Gasteiger partial charge in [-0.1, -0.05) is 59.2 Å². The van der Waals surface area contributed by atoms with Gasteiger partial charge >= 0.3 is 18.0 Å². The van der Waals surface area contributed by atoms with Crippen molar-refractivity contribution in [3.05, 3.63) is 41.5 Å². The second kappa shape index (κ2) is 11.5. The second-order valence-electron chi connectivity index (χ2n) is 17.0. The van der Waals surface area contributed by atoms with Gasteiger partial charge in [0.05, 0.1) is 31.4 Å². The minimum Gasteiger partial charge on any atom is -0.469 e. The van der Waals surface area contributed by atoms with Crippen molar-refractivity contribution >= 4 is 29.4 Å². The molecular formula is C39H54N2O6. The first kappa shape index (κ1) is 33.7. The fourth-order valence-corrected chi connectivity index (χ4v) is 11.9. The molecule has 0 aromatic heterocycles. The fraction of sp³-hybridized carbons (Fsp3) is 0.692. The molecule has 8 nitrogen and oxygen atoms in total. The minimum absolute atomic E-state index is 0.0940. The van der Waals surface area contributed by atoms with Gasteiger partial charge in [-0.2, -0.15) is 0 Å². The van der Waals surface area contributed by atoms with Crippen LogP contribution >= 0.6 is 0 Å². The number of methoxy groups -OCH3 is 2. The molecule has 256 valence electrons. The van der Waals surface area contributed by atoms with Crippen LogP contribution in [0.4, 0.5) is 10.5 Å². The lowest BCUT2D eigenvalue weighted by atomic mass is 9.33. The van der Waals surface area contributed by atoms with Crippen LogP contribution in [-0.4, -0.2) is 44.0 Å². The zero-order valence-corrected chi connectivity index (χ0v) is 29.6. The van der Waals surface area contributed by atoms with Crippen molar-refractivity contribution in [2.45, 2.75) is 105 Å². The summed E-state index contributed by atoms with van der Waals surface area (Å²) in [4.78, 5) is 53.0. The lowest BCUT2D eigenvalue weighted by molar-refractivity contribution is -0.187. The van der Waals surface area contributed by atoms with E-state index in [1.54, 1.807) is 24.3 Å². The van der Waals surface area contributed by atoms with E-state index in [2.05, 4.69) is 52.2 Å². The summed E-state index contributed by atoms with van der Waals surface area (Å²) in [5, 5.41) is 6.14. The summed E-state index contributed by atoms with van der Waals surface area (Å²) >= 11 is 0. The first-order valence-electron chi connectivity index (χ1n) is 17.6. The molecule has 5 aliphatic rings. The summed E-state index contributed by atoms with van der Waals surface area (Å²) in [5.41, 5.74) is 1.33. The standard InChI is InChI=1S/C39H54N2O6/c1-35(2)29-14-18-39(6)31(28(42)22-26-25-21-23(32(43)46-7)13-16-36(25,3)19-20-38(26,39)5)37(29,4)17-15-30(35)41-34(45)40-27-12-10-9-11-24(27)33(44)47-8/h9-12,22-23,25,29-31H,13-21H2,1-8H3,(H2,40,41,45)/t23-,25?,29?,30?,31?,36+,37-,38+,39+/m0/s1. The molecule has 6 rings (SSSR count). The van der Waals surface area contributed by atoms with Crippen molar-refractivity contribution in [2.75, 3.05) is 19.5 Å². The Morgan fingerprint density at radius 1 is 0.851 bits per heavy atom. The number of carbonyl (C=O) groups excluding carboxylic acids is 4. The highest BCUT2D eigenvalue weighted by atomic mass is 16.5. The van der Waals surface area contributed by atoms with Crippen molar-refractivity contribution in [3.8, 4) is 0 Å². The summed E-state index contributed by atoms with van der Waals surface area (Å²) in [6.45, 7) is 14.1. The molecule has 47 heavy (non-hydrogen) atoms. The van der Waals surface area contributed by atoms with E-state index < -0.39 is 5.97 Å². The van der Waals surface area contributed by atoms with Gasteiger partial charge in [0.1, 0.15) is 0 Å². The predicted molar refractivity (Wildman–Crippen MR) is 181 cm³/mol. The van der Waals surface area contributed by atoms with Crippen molar-refractivity contribution in [1.29, 1.82) is 0 Å². The minimum atomic E-state index is -0.502. The van der Waals surface area contributed by atoms with Gasteiger partial charge in [0.25, 0.3) is 0 Å². The number of benzene rings is 1. The Kier molecular flexibility index (Phi) is 8.24. The van der Waals surface area contributed by atoms with Crippen LogP contribution in [0.15, 0.2) is 35.9 Å². The highest BCUT2D eigenvalue weighted by Gasteiger charge is 2.70. The van der Waals surface area contributed by atoms with Gasteiger partial charge in [-0.3, -0.25) is 9.59 Å². The Labute approximate surface area is 280 Å². The number of nitrogens with one attached hydrogen (secondary N) is 2. The van der Waals surface area contributed by atoms with Crippen LogP contribution in [0.2, 0.25) is 0 Å². The van der Waals surface area contributed by atoms with Crippen LogP contribution < -0.4 is 10.6 Å². The van der Waals surface area contributed by atoms with E-state index in [0.29, 0.717) is 11.3 Å². The monoisotopic (exact) mass is 646 g/mol. The predicted octanol–water partition coefficient (Wildman–Crippen LogP) is 7.73. The molecule has 2 N–H and O–H groups in total. The Morgan fingerprint density at radius 2 is 1.57 bits per heavy atom. The van der Waals surface area contributed by atoms with E-state index in [1.807, 2.05) is 6.08 Å². The average Bonchev–Trinajstić information content (AvgIpc) is 3.02. The van der Waals surface area contributed by atoms with E-state index in [4.69, 9.17) is 9.47 Å². The summed E-state index contributed by atoms with van der Waals surface area (Å²) in [5.74, 6) is -0.117. The Morgan fingerprint density at radius 3 is 2.28 bits per heavy atom. The molecule has 2 amide bonds. The average molecular weight is 647 g/mol. The number of amides is 2. The maximum Gasteiger partial charge on any atom is 0.339 e. The number of hydrogen-bond donors (Lipinski definition) is 2. The van der Waals surface area contributed by atoms with Crippen LogP contribution in [-0.2, 0) is 19.1 Å². The van der Waals surface area contributed by atoms with Gasteiger partial charge in [-0.15, -0.1) is 0 Å². The maximum atomic E-state index is 14.6. The number of fused-ring (bicyclic) bond motifs is 7. The number of ether oxygens (including phenoxy) is 2. The molecular weight excluding hydrogens is 592 g/mol. The van der Waals surface area contributed by atoms with Gasteiger partial charge in [-0.05, 0) is 115 Å². The van der Waals surface area contributed by atoms with Crippen molar-refractivity contribution < 1.29 is 28.7 Å². The first-order chi connectivity index (χ1) is 22.1. The topological polar surface area (TPSA) is 111 Å². The van der Waals surface area contributed by atoms with Gasteiger partial charge in [0.2, 0.25) is 0 Å². The van der Waals surface area contributed by atoms with Crippen LogP contribution in [0, 0.1) is 50.7 Å².